The van der Waals surface area contributed by atoms with Crippen LogP contribution in [0.15, 0.2) is 0 Å². The van der Waals surface area contributed by atoms with Crippen molar-refractivity contribution in [2.75, 3.05) is 0 Å². The molecule has 0 rings (SSSR count). The highest BCUT2D eigenvalue weighted by atomic mass is 127. The highest BCUT2D eigenvalue weighted by molar-refractivity contribution is 14.1. The first kappa shape index (κ1) is 7.66. The molecule has 0 aliphatic carbocycles. The van der Waals surface area contributed by atoms with Crippen molar-refractivity contribution in [1.82, 2.24) is 0 Å². The molecule has 0 saturated carbocycles. The molecular weight excluding hydrogens is 206 g/mol. The summed E-state index contributed by atoms with van der Waals surface area (Å²) in [5.74, 6) is 0. The molecular formula is C5H10FI. The Balaban J connectivity index is 2.68. The third kappa shape index (κ3) is 6.66. The van der Waals surface area contributed by atoms with Crippen molar-refractivity contribution in [2.45, 2.75) is 30.4 Å². The maximum absolute atomic E-state index is 11.9. The van der Waals surface area contributed by atoms with Gasteiger partial charge in [-0.25, -0.2) is 4.39 Å². The summed E-state index contributed by atoms with van der Waals surface area (Å²) < 4.78 is 11.2. The molecule has 7 heavy (non-hydrogen) atoms. The van der Waals surface area contributed by atoms with Gasteiger partial charge in [-0.1, -0.05) is 19.8 Å². The van der Waals surface area contributed by atoms with E-state index < -0.39 is 4.18 Å². The molecule has 0 aromatic heterocycles. The fourth-order valence-corrected chi connectivity index (χ4v) is 0.799. The van der Waals surface area contributed by atoms with Crippen LogP contribution in [-0.2, 0) is 0 Å². The van der Waals surface area contributed by atoms with Crippen molar-refractivity contribution in [3.63, 3.8) is 0 Å². The number of alkyl halides is 2. The van der Waals surface area contributed by atoms with Crippen LogP contribution < -0.4 is 0 Å². The van der Waals surface area contributed by atoms with E-state index >= 15 is 0 Å². The largest absolute Gasteiger partial charge is 0.236 e. The highest BCUT2D eigenvalue weighted by Crippen LogP contribution is 2.10. The van der Waals surface area contributed by atoms with Gasteiger partial charge in [-0.2, -0.15) is 0 Å². The lowest BCUT2D eigenvalue weighted by atomic mass is 10.3. The topological polar surface area (TPSA) is 0 Å². The second-order valence-electron chi connectivity index (χ2n) is 1.53. The van der Waals surface area contributed by atoms with Crippen LogP contribution >= 0.6 is 22.6 Å². The summed E-state index contributed by atoms with van der Waals surface area (Å²) in [5.41, 5.74) is 0. The Bertz CT molecular complexity index is 37.1. The summed E-state index contributed by atoms with van der Waals surface area (Å²) in [7, 11) is 0. The Morgan fingerprint density at radius 3 is 2.43 bits per heavy atom. The van der Waals surface area contributed by atoms with Gasteiger partial charge in [0, 0.05) is 0 Å². The fourth-order valence-electron chi connectivity index (χ4n) is 0.358. The zero-order valence-electron chi connectivity index (χ0n) is 4.45. The smallest absolute Gasteiger partial charge is 0.151 e. The van der Waals surface area contributed by atoms with E-state index in [0.717, 1.165) is 19.3 Å². The maximum atomic E-state index is 11.9. The summed E-state index contributed by atoms with van der Waals surface area (Å²) in [4.78, 5) is 0. The second kappa shape index (κ2) is 4.81. The molecule has 0 aliphatic heterocycles. The van der Waals surface area contributed by atoms with Crippen molar-refractivity contribution in [3.8, 4) is 0 Å². The lowest BCUT2D eigenvalue weighted by Crippen LogP contribution is -1.84. The van der Waals surface area contributed by atoms with Crippen LogP contribution in [0.3, 0.4) is 0 Å². The van der Waals surface area contributed by atoms with Gasteiger partial charge in [0.05, 0.1) is 0 Å². The second-order valence-corrected chi connectivity index (χ2v) is 2.88. The van der Waals surface area contributed by atoms with Crippen molar-refractivity contribution in [3.05, 3.63) is 0 Å². The number of halogens is 2. The number of hydrogen-bond acceptors (Lipinski definition) is 0. The van der Waals surface area contributed by atoms with Crippen LogP contribution in [0, 0.1) is 0 Å². The van der Waals surface area contributed by atoms with E-state index in [1.54, 1.807) is 22.6 Å². The van der Waals surface area contributed by atoms with E-state index in [4.69, 9.17) is 0 Å². The third-order valence-electron chi connectivity index (χ3n) is 0.776. The SMILES string of the molecule is CCCCC(F)I. The zero-order valence-corrected chi connectivity index (χ0v) is 6.61. The molecule has 2 heteroatoms. The molecule has 0 fully saturated rings. The Labute approximate surface area is 57.6 Å². The van der Waals surface area contributed by atoms with E-state index in [9.17, 15) is 4.39 Å². The van der Waals surface area contributed by atoms with Gasteiger partial charge in [0.2, 0.25) is 0 Å². The van der Waals surface area contributed by atoms with Gasteiger partial charge in [0.1, 0.15) is 0 Å². The van der Waals surface area contributed by atoms with E-state index in [-0.39, 0.29) is 0 Å². The lowest BCUT2D eigenvalue weighted by molar-refractivity contribution is 0.437. The van der Waals surface area contributed by atoms with Gasteiger partial charge in [-0.3, -0.25) is 0 Å². The predicted octanol–water partition coefficient (Wildman–Crippen LogP) is 2.91. The van der Waals surface area contributed by atoms with E-state index in [1.807, 2.05) is 0 Å². The zero-order chi connectivity index (χ0) is 5.70. The minimum Gasteiger partial charge on any atom is -0.236 e. The summed E-state index contributed by atoms with van der Waals surface area (Å²) in [6.45, 7) is 2.07. The third-order valence-corrected chi connectivity index (χ3v) is 1.40. The minimum absolute atomic E-state index is 0.627. The van der Waals surface area contributed by atoms with Crippen LogP contribution in [0.1, 0.15) is 26.2 Å². The molecule has 0 aliphatic rings. The Kier molecular flexibility index (Phi) is 5.26. The van der Waals surface area contributed by atoms with Crippen LogP contribution in [0.2, 0.25) is 0 Å². The van der Waals surface area contributed by atoms with Gasteiger partial charge >= 0.3 is 0 Å². The van der Waals surface area contributed by atoms with Crippen LogP contribution in [0.25, 0.3) is 0 Å². The van der Waals surface area contributed by atoms with E-state index in [2.05, 4.69) is 6.92 Å². The van der Waals surface area contributed by atoms with Crippen molar-refractivity contribution in [2.24, 2.45) is 0 Å². The first-order valence-corrected chi connectivity index (χ1v) is 3.80. The van der Waals surface area contributed by atoms with E-state index in [0.29, 0.717) is 0 Å². The molecule has 0 saturated heterocycles. The Morgan fingerprint density at radius 2 is 2.29 bits per heavy atom. The molecule has 1 unspecified atom stereocenters. The van der Waals surface area contributed by atoms with E-state index in [1.165, 1.54) is 0 Å². The molecule has 0 nitrogen and oxygen atoms in total. The average molecular weight is 216 g/mol. The number of hydrogen-bond donors (Lipinski definition) is 0. The summed E-state index contributed by atoms with van der Waals surface area (Å²) in [6, 6.07) is 0. The molecule has 1 atom stereocenters. The molecule has 0 heterocycles. The standard InChI is InChI=1S/C5H10FI/c1-2-3-4-5(6)7/h5H,2-4H2,1H3. The highest BCUT2D eigenvalue weighted by Gasteiger charge is 1.95. The molecule has 0 aromatic rings. The van der Waals surface area contributed by atoms with Gasteiger partial charge in [-0.15, -0.1) is 0 Å². The molecule has 0 aromatic carbocycles. The fraction of sp³-hybridized carbons (Fsp3) is 1.00. The van der Waals surface area contributed by atoms with Crippen molar-refractivity contribution >= 4 is 22.6 Å². The van der Waals surface area contributed by atoms with Crippen LogP contribution in [-0.4, -0.2) is 4.18 Å². The Morgan fingerprint density at radius 1 is 1.71 bits per heavy atom. The average Bonchev–Trinajstić information content (AvgIpc) is 1.61. The van der Waals surface area contributed by atoms with Gasteiger partial charge < -0.3 is 0 Å². The summed E-state index contributed by atoms with van der Waals surface area (Å²) in [6.07, 6.45) is 2.84. The van der Waals surface area contributed by atoms with Gasteiger partial charge in [-0.05, 0) is 29.0 Å². The number of unbranched alkanes of at least 4 members (excludes halogenated alkanes) is 1. The van der Waals surface area contributed by atoms with Crippen molar-refractivity contribution in [1.29, 1.82) is 0 Å². The summed E-state index contributed by atoms with van der Waals surface area (Å²) >= 11 is 1.80. The van der Waals surface area contributed by atoms with Gasteiger partial charge in [0.15, 0.2) is 4.18 Å². The molecule has 0 amide bonds. The lowest BCUT2D eigenvalue weighted by Gasteiger charge is -1.93. The molecule has 0 N–H and O–H groups in total. The summed E-state index contributed by atoms with van der Waals surface area (Å²) in [5, 5.41) is 0. The first-order chi connectivity index (χ1) is 3.27. The van der Waals surface area contributed by atoms with Crippen LogP contribution in [0.4, 0.5) is 4.39 Å². The maximum Gasteiger partial charge on any atom is 0.151 e. The first-order valence-electron chi connectivity index (χ1n) is 2.55. The molecule has 0 bridgehead atoms. The quantitative estimate of drug-likeness (QED) is 0.502. The molecule has 0 spiro atoms. The van der Waals surface area contributed by atoms with Crippen LogP contribution in [0.5, 0.6) is 0 Å². The van der Waals surface area contributed by atoms with Crippen molar-refractivity contribution < 1.29 is 4.39 Å². The predicted molar refractivity (Wildman–Crippen MR) is 38.4 cm³/mol. The molecule has 0 radical (unpaired) electrons. The minimum atomic E-state index is -0.627. The Hall–Kier alpha value is 0.660. The molecule has 44 valence electrons. The normalized spacial score (nSPS) is 14.1. The monoisotopic (exact) mass is 216 g/mol. The number of rotatable bonds is 3. The van der Waals surface area contributed by atoms with Gasteiger partial charge in [0.25, 0.3) is 0 Å².